The van der Waals surface area contributed by atoms with Crippen LogP contribution in [0.15, 0.2) is 22.7 Å². The molecule has 1 aromatic rings. The fraction of sp³-hybridized carbons (Fsp3) is 0.455. The number of methoxy groups -OCH3 is 1. The third-order valence-corrected chi connectivity index (χ3v) is 2.78. The molecule has 3 heteroatoms. The molecule has 0 aliphatic rings. The van der Waals surface area contributed by atoms with Gasteiger partial charge in [-0.3, -0.25) is 0 Å². The number of aryl methyl sites for hydroxylation is 1. The lowest BCUT2D eigenvalue weighted by molar-refractivity contribution is 0.172. The first-order valence-corrected chi connectivity index (χ1v) is 5.41. The standard InChI is InChI=1S/C11H15BrO2/c1-9-8-10(4-5-11(9)12)14-7-3-6-13-2/h4-5,8H,3,6-7H2,1-2H3. The van der Waals surface area contributed by atoms with Crippen LogP contribution in [0.1, 0.15) is 12.0 Å². The summed E-state index contributed by atoms with van der Waals surface area (Å²) in [6, 6.07) is 5.99. The third kappa shape index (κ3) is 3.68. The maximum Gasteiger partial charge on any atom is 0.119 e. The van der Waals surface area contributed by atoms with Gasteiger partial charge < -0.3 is 9.47 Å². The Morgan fingerprint density at radius 1 is 1.29 bits per heavy atom. The largest absolute Gasteiger partial charge is 0.493 e. The summed E-state index contributed by atoms with van der Waals surface area (Å²) in [5.74, 6) is 0.918. The van der Waals surface area contributed by atoms with Crippen LogP contribution in [0.5, 0.6) is 5.75 Å². The lowest BCUT2D eigenvalue weighted by atomic mass is 10.2. The SMILES string of the molecule is COCCCOc1ccc(Br)c(C)c1. The average molecular weight is 259 g/mol. The van der Waals surface area contributed by atoms with E-state index in [4.69, 9.17) is 9.47 Å². The van der Waals surface area contributed by atoms with Crippen molar-refractivity contribution in [3.63, 3.8) is 0 Å². The molecule has 0 heterocycles. The molecule has 0 radical (unpaired) electrons. The topological polar surface area (TPSA) is 18.5 Å². The first kappa shape index (κ1) is 11.5. The van der Waals surface area contributed by atoms with E-state index < -0.39 is 0 Å². The van der Waals surface area contributed by atoms with E-state index in [-0.39, 0.29) is 0 Å². The Morgan fingerprint density at radius 3 is 2.71 bits per heavy atom. The van der Waals surface area contributed by atoms with Gasteiger partial charge in [-0.05, 0) is 30.7 Å². The molecule has 0 saturated heterocycles. The zero-order valence-corrected chi connectivity index (χ0v) is 10.1. The Bertz CT molecular complexity index is 287. The van der Waals surface area contributed by atoms with E-state index >= 15 is 0 Å². The lowest BCUT2D eigenvalue weighted by Crippen LogP contribution is -2.01. The highest BCUT2D eigenvalue weighted by Crippen LogP contribution is 2.21. The molecule has 0 amide bonds. The lowest BCUT2D eigenvalue weighted by Gasteiger charge is -2.07. The molecule has 0 unspecified atom stereocenters. The predicted molar refractivity (Wildman–Crippen MR) is 60.9 cm³/mol. The van der Waals surface area contributed by atoms with Crippen LogP contribution in [0.4, 0.5) is 0 Å². The summed E-state index contributed by atoms with van der Waals surface area (Å²) >= 11 is 3.45. The van der Waals surface area contributed by atoms with Gasteiger partial charge in [-0.15, -0.1) is 0 Å². The Morgan fingerprint density at radius 2 is 2.07 bits per heavy atom. The smallest absolute Gasteiger partial charge is 0.119 e. The highest BCUT2D eigenvalue weighted by molar-refractivity contribution is 9.10. The summed E-state index contributed by atoms with van der Waals surface area (Å²) in [4.78, 5) is 0. The van der Waals surface area contributed by atoms with E-state index in [0.717, 1.165) is 23.2 Å². The number of hydrogen-bond acceptors (Lipinski definition) is 2. The average Bonchev–Trinajstić information content (AvgIpc) is 2.18. The van der Waals surface area contributed by atoms with E-state index in [1.165, 1.54) is 5.56 Å². The Kier molecular flexibility index (Phi) is 4.98. The van der Waals surface area contributed by atoms with E-state index in [1.807, 2.05) is 25.1 Å². The second-order valence-corrected chi connectivity index (χ2v) is 3.96. The Labute approximate surface area is 93.4 Å². The second kappa shape index (κ2) is 6.04. The van der Waals surface area contributed by atoms with Crippen molar-refractivity contribution in [1.82, 2.24) is 0 Å². The van der Waals surface area contributed by atoms with Crippen LogP contribution in [-0.4, -0.2) is 20.3 Å². The van der Waals surface area contributed by atoms with Gasteiger partial charge in [0.05, 0.1) is 6.61 Å². The van der Waals surface area contributed by atoms with Crippen LogP contribution in [-0.2, 0) is 4.74 Å². The highest BCUT2D eigenvalue weighted by Gasteiger charge is 1.97. The molecule has 78 valence electrons. The zero-order chi connectivity index (χ0) is 10.4. The van der Waals surface area contributed by atoms with E-state index in [2.05, 4.69) is 15.9 Å². The zero-order valence-electron chi connectivity index (χ0n) is 8.55. The summed E-state index contributed by atoms with van der Waals surface area (Å²) in [6.07, 6.45) is 0.922. The highest BCUT2D eigenvalue weighted by atomic mass is 79.9. The molecule has 1 rings (SSSR count). The van der Waals surface area contributed by atoms with Crippen molar-refractivity contribution < 1.29 is 9.47 Å². The van der Waals surface area contributed by atoms with Crippen LogP contribution >= 0.6 is 15.9 Å². The molecule has 1 aromatic carbocycles. The van der Waals surface area contributed by atoms with Gasteiger partial charge in [0.1, 0.15) is 5.75 Å². The molecule has 0 spiro atoms. The molecular formula is C11H15BrO2. The number of benzene rings is 1. The molecule has 0 aliphatic heterocycles. The van der Waals surface area contributed by atoms with E-state index in [1.54, 1.807) is 7.11 Å². The molecule has 14 heavy (non-hydrogen) atoms. The van der Waals surface area contributed by atoms with Crippen LogP contribution in [0.25, 0.3) is 0 Å². The first-order chi connectivity index (χ1) is 6.74. The number of ether oxygens (including phenoxy) is 2. The monoisotopic (exact) mass is 258 g/mol. The number of halogens is 1. The minimum atomic E-state index is 0.703. The summed E-state index contributed by atoms with van der Waals surface area (Å²) in [6.45, 7) is 3.50. The predicted octanol–water partition coefficient (Wildman–Crippen LogP) is 3.17. The molecule has 0 aliphatic carbocycles. The van der Waals surface area contributed by atoms with Crippen LogP contribution in [0, 0.1) is 6.92 Å². The van der Waals surface area contributed by atoms with E-state index in [0.29, 0.717) is 6.61 Å². The van der Waals surface area contributed by atoms with Crippen molar-refractivity contribution in [3.8, 4) is 5.75 Å². The van der Waals surface area contributed by atoms with Crippen molar-refractivity contribution in [1.29, 1.82) is 0 Å². The van der Waals surface area contributed by atoms with Gasteiger partial charge in [0.15, 0.2) is 0 Å². The molecule has 0 saturated carbocycles. The van der Waals surface area contributed by atoms with Crippen molar-refractivity contribution in [2.45, 2.75) is 13.3 Å². The van der Waals surface area contributed by atoms with Crippen molar-refractivity contribution in [3.05, 3.63) is 28.2 Å². The summed E-state index contributed by atoms with van der Waals surface area (Å²) in [7, 11) is 1.70. The van der Waals surface area contributed by atoms with Gasteiger partial charge in [0, 0.05) is 24.6 Å². The Balaban J connectivity index is 2.39. The molecule has 0 N–H and O–H groups in total. The van der Waals surface area contributed by atoms with Crippen molar-refractivity contribution in [2.24, 2.45) is 0 Å². The maximum atomic E-state index is 5.54. The van der Waals surface area contributed by atoms with Gasteiger partial charge in [-0.2, -0.15) is 0 Å². The normalized spacial score (nSPS) is 10.2. The van der Waals surface area contributed by atoms with Gasteiger partial charge in [0.25, 0.3) is 0 Å². The van der Waals surface area contributed by atoms with E-state index in [9.17, 15) is 0 Å². The minimum absolute atomic E-state index is 0.703. The van der Waals surface area contributed by atoms with Crippen molar-refractivity contribution in [2.75, 3.05) is 20.3 Å². The summed E-state index contributed by atoms with van der Waals surface area (Å²) in [5.41, 5.74) is 1.19. The molecule has 0 atom stereocenters. The number of rotatable bonds is 5. The van der Waals surface area contributed by atoms with Crippen LogP contribution in [0.2, 0.25) is 0 Å². The fourth-order valence-corrected chi connectivity index (χ4v) is 1.35. The van der Waals surface area contributed by atoms with Gasteiger partial charge >= 0.3 is 0 Å². The van der Waals surface area contributed by atoms with Gasteiger partial charge in [-0.25, -0.2) is 0 Å². The van der Waals surface area contributed by atoms with Crippen LogP contribution < -0.4 is 4.74 Å². The number of hydrogen-bond donors (Lipinski definition) is 0. The third-order valence-electron chi connectivity index (χ3n) is 1.89. The second-order valence-electron chi connectivity index (χ2n) is 3.11. The summed E-state index contributed by atoms with van der Waals surface area (Å²) < 4.78 is 11.6. The molecule has 0 bridgehead atoms. The molecule has 2 nitrogen and oxygen atoms in total. The maximum absolute atomic E-state index is 5.54. The van der Waals surface area contributed by atoms with Gasteiger partial charge in [0.2, 0.25) is 0 Å². The van der Waals surface area contributed by atoms with Crippen LogP contribution in [0.3, 0.4) is 0 Å². The summed E-state index contributed by atoms with van der Waals surface area (Å²) in [5, 5.41) is 0. The van der Waals surface area contributed by atoms with Gasteiger partial charge in [-0.1, -0.05) is 15.9 Å². The quantitative estimate of drug-likeness (QED) is 0.756. The van der Waals surface area contributed by atoms with Crippen molar-refractivity contribution >= 4 is 15.9 Å². The molecule has 0 fully saturated rings. The molecular weight excluding hydrogens is 244 g/mol. The fourth-order valence-electron chi connectivity index (χ4n) is 1.10. The Hall–Kier alpha value is -0.540. The first-order valence-electron chi connectivity index (χ1n) is 4.62. The molecule has 0 aromatic heterocycles. The minimum Gasteiger partial charge on any atom is -0.493 e.